The number of carbonyl (C=O) groups excluding carboxylic acids is 4. The Bertz CT molecular complexity index is 1390. The normalized spacial score (nSPS) is 19.1. The summed E-state index contributed by atoms with van der Waals surface area (Å²) >= 11 is 0. The average molecular weight is 543 g/mol. The third kappa shape index (κ3) is 6.81. The Labute approximate surface area is 233 Å². The molecule has 2 atom stereocenters. The smallest absolute Gasteiger partial charge is 0.323 e. The van der Waals surface area contributed by atoms with Gasteiger partial charge in [-0.3, -0.25) is 19.2 Å². The molecule has 3 aromatic carbocycles. The molecule has 0 aromatic heterocycles. The van der Waals surface area contributed by atoms with E-state index in [4.69, 9.17) is 9.47 Å². The van der Waals surface area contributed by atoms with Crippen LogP contribution in [0.3, 0.4) is 0 Å². The van der Waals surface area contributed by atoms with Crippen LogP contribution in [-0.4, -0.2) is 61.9 Å². The number of nitrogens with one attached hydrogen (secondary N) is 2. The lowest BCUT2D eigenvalue weighted by atomic mass is 9.98. The van der Waals surface area contributed by atoms with E-state index in [1.54, 1.807) is 24.3 Å². The van der Waals surface area contributed by atoms with Crippen LogP contribution in [0.25, 0.3) is 21.9 Å². The summed E-state index contributed by atoms with van der Waals surface area (Å²) in [5.41, 5.74) is 2.88. The molecule has 5 rings (SSSR count). The van der Waals surface area contributed by atoms with Crippen molar-refractivity contribution in [1.82, 2.24) is 10.6 Å². The molecular weight excluding hydrogens is 508 g/mol. The summed E-state index contributed by atoms with van der Waals surface area (Å²) in [5, 5.41) is 8.12. The summed E-state index contributed by atoms with van der Waals surface area (Å²) in [4.78, 5) is 49.6. The quantitative estimate of drug-likeness (QED) is 0.305. The van der Waals surface area contributed by atoms with Crippen LogP contribution in [0.4, 0.5) is 0 Å². The van der Waals surface area contributed by atoms with Crippen LogP contribution >= 0.6 is 0 Å². The second kappa shape index (κ2) is 13.0. The number of Topliss-reactive ketones (excluding diaryl/α,β-unsaturated/α-hetero) is 2. The first-order valence-electron chi connectivity index (χ1n) is 14.0. The minimum Gasteiger partial charge on any atom is -0.456 e. The first kappa shape index (κ1) is 27.7. The molecule has 0 amide bonds. The van der Waals surface area contributed by atoms with Crippen LogP contribution in [0.2, 0.25) is 0 Å². The lowest BCUT2D eigenvalue weighted by Gasteiger charge is -2.21. The molecule has 8 heteroatoms. The van der Waals surface area contributed by atoms with Crippen molar-refractivity contribution in [3.05, 3.63) is 71.8 Å². The summed E-state index contributed by atoms with van der Waals surface area (Å²) in [5.74, 6) is -1.23. The molecule has 3 aromatic rings. The summed E-state index contributed by atoms with van der Waals surface area (Å²) < 4.78 is 10.5. The molecule has 0 aliphatic carbocycles. The van der Waals surface area contributed by atoms with Crippen molar-refractivity contribution in [2.75, 3.05) is 26.3 Å². The lowest BCUT2D eigenvalue weighted by Crippen LogP contribution is -2.41. The van der Waals surface area contributed by atoms with E-state index in [0.29, 0.717) is 11.1 Å². The van der Waals surface area contributed by atoms with Gasteiger partial charge in [-0.15, -0.1) is 0 Å². The predicted molar refractivity (Wildman–Crippen MR) is 151 cm³/mol. The van der Waals surface area contributed by atoms with Crippen molar-refractivity contribution in [3.8, 4) is 11.1 Å². The SMILES string of the molecule is O=C(COC(=O)[C@@H]1CCCCN1)c1ccc(-c2ccc3cc(C(=O)COC(=O)[C@@H]4CCCCN4)ccc3c2)cc1. The fourth-order valence-corrected chi connectivity index (χ4v) is 5.19. The maximum Gasteiger partial charge on any atom is 0.323 e. The predicted octanol–water partition coefficient (Wildman–Crippen LogP) is 4.24. The molecule has 208 valence electrons. The van der Waals surface area contributed by atoms with E-state index in [2.05, 4.69) is 10.6 Å². The molecule has 0 radical (unpaired) electrons. The van der Waals surface area contributed by atoms with Crippen LogP contribution in [0.15, 0.2) is 60.7 Å². The molecule has 0 spiro atoms. The average Bonchev–Trinajstić information content (AvgIpc) is 3.02. The van der Waals surface area contributed by atoms with Crippen LogP contribution in [-0.2, 0) is 19.1 Å². The number of ether oxygens (including phenoxy) is 2. The number of rotatable bonds is 9. The minimum atomic E-state index is -0.372. The first-order valence-corrected chi connectivity index (χ1v) is 14.0. The molecule has 40 heavy (non-hydrogen) atoms. The second-order valence-corrected chi connectivity index (χ2v) is 10.4. The second-order valence-electron chi connectivity index (χ2n) is 10.4. The van der Waals surface area contributed by atoms with Crippen molar-refractivity contribution in [2.24, 2.45) is 0 Å². The number of esters is 2. The molecule has 0 bridgehead atoms. The number of carbonyl (C=O) groups is 4. The largest absolute Gasteiger partial charge is 0.456 e. The zero-order chi connectivity index (χ0) is 27.9. The van der Waals surface area contributed by atoms with Crippen LogP contribution in [0.5, 0.6) is 0 Å². The Hall–Kier alpha value is -3.88. The first-order chi connectivity index (χ1) is 19.5. The number of piperidine rings is 2. The number of hydrogen-bond donors (Lipinski definition) is 2. The molecule has 8 nitrogen and oxygen atoms in total. The van der Waals surface area contributed by atoms with E-state index < -0.39 is 0 Å². The maximum atomic E-state index is 12.7. The Morgan fingerprint density at radius 2 is 1.10 bits per heavy atom. The van der Waals surface area contributed by atoms with Crippen molar-refractivity contribution >= 4 is 34.3 Å². The summed E-state index contributed by atoms with van der Waals surface area (Å²) in [6.45, 7) is 1.03. The van der Waals surface area contributed by atoms with Gasteiger partial charge in [-0.05, 0) is 72.8 Å². The molecule has 2 N–H and O–H groups in total. The van der Waals surface area contributed by atoms with Crippen LogP contribution in [0.1, 0.15) is 59.2 Å². The van der Waals surface area contributed by atoms with E-state index in [1.807, 2.05) is 36.4 Å². The summed E-state index contributed by atoms with van der Waals surface area (Å²) in [7, 11) is 0. The molecule has 2 aliphatic heterocycles. The number of ketones is 2. The Morgan fingerprint density at radius 3 is 1.68 bits per heavy atom. The van der Waals surface area contributed by atoms with Gasteiger partial charge in [0.2, 0.25) is 0 Å². The molecule has 0 saturated carbocycles. The highest BCUT2D eigenvalue weighted by molar-refractivity contribution is 6.02. The molecule has 0 unspecified atom stereocenters. The van der Waals surface area contributed by atoms with Gasteiger partial charge in [0.05, 0.1) is 0 Å². The van der Waals surface area contributed by atoms with Gasteiger partial charge in [0.25, 0.3) is 0 Å². The lowest BCUT2D eigenvalue weighted by molar-refractivity contribution is -0.146. The highest BCUT2D eigenvalue weighted by Gasteiger charge is 2.24. The van der Waals surface area contributed by atoms with Gasteiger partial charge >= 0.3 is 11.9 Å². The zero-order valence-electron chi connectivity index (χ0n) is 22.4. The fourth-order valence-electron chi connectivity index (χ4n) is 5.19. The van der Waals surface area contributed by atoms with Gasteiger partial charge in [-0.2, -0.15) is 0 Å². The fraction of sp³-hybridized carbons (Fsp3) is 0.375. The highest BCUT2D eigenvalue weighted by Crippen LogP contribution is 2.26. The Kier molecular flexibility index (Phi) is 8.98. The summed E-state index contributed by atoms with van der Waals surface area (Å²) in [6.07, 6.45) is 5.52. The van der Waals surface area contributed by atoms with Gasteiger partial charge in [0, 0.05) is 11.1 Å². The van der Waals surface area contributed by atoms with E-state index in [-0.39, 0.29) is 48.8 Å². The standard InChI is InChI=1S/C32H34N2O6/c35-29(19-39-31(37)27-5-1-3-15-33-27)22-9-7-21(8-10-22)23-11-12-25-18-26(14-13-24(25)17-23)30(36)20-40-32(38)28-6-2-4-16-34-28/h7-14,17-18,27-28,33-34H,1-6,15-16,19-20H2/t27-,28-/m0/s1. The molecule has 2 aliphatic rings. The van der Waals surface area contributed by atoms with Crippen LogP contribution < -0.4 is 10.6 Å². The molecular formula is C32H34N2O6. The molecule has 2 heterocycles. The highest BCUT2D eigenvalue weighted by atomic mass is 16.5. The number of benzene rings is 3. The van der Waals surface area contributed by atoms with Crippen molar-refractivity contribution < 1.29 is 28.7 Å². The third-order valence-electron chi connectivity index (χ3n) is 7.58. The van der Waals surface area contributed by atoms with Crippen molar-refractivity contribution in [3.63, 3.8) is 0 Å². The topological polar surface area (TPSA) is 111 Å². The van der Waals surface area contributed by atoms with E-state index in [0.717, 1.165) is 73.5 Å². The van der Waals surface area contributed by atoms with Crippen molar-refractivity contribution in [2.45, 2.75) is 50.6 Å². The van der Waals surface area contributed by atoms with Crippen molar-refractivity contribution in [1.29, 1.82) is 0 Å². The Balaban J connectivity index is 1.17. The van der Waals surface area contributed by atoms with Gasteiger partial charge in [0.15, 0.2) is 24.8 Å². The third-order valence-corrected chi connectivity index (χ3v) is 7.58. The summed E-state index contributed by atoms with van der Waals surface area (Å²) in [6, 6.07) is 17.9. The van der Waals surface area contributed by atoms with E-state index in [9.17, 15) is 19.2 Å². The number of hydrogen-bond acceptors (Lipinski definition) is 8. The molecule has 2 fully saturated rings. The van der Waals surface area contributed by atoms with Gasteiger partial charge in [-0.1, -0.05) is 61.4 Å². The Morgan fingerprint density at radius 1 is 0.600 bits per heavy atom. The molecule has 2 saturated heterocycles. The van der Waals surface area contributed by atoms with Gasteiger partial charge < -0.3 is 20.1 Å². The van der Waals surface area contributed by atoms with E-state index >= 15 is 0 Å². The van der Waals surface area contributed by atoms with Gasteiger partial charge in [-0.25, -0.2) is 0 Å². The van der Waals surface area contributed by atoms with Crippen LogP contribution in [0, 0.1) is 0 Å². The zero-order valence-corrected chi connectivity index (χ0v) is 22.4. The van der Waals surface area contributed by atoms with E-state index in [1.165, 1.54) is 0 Å². The van der Waals surface area contributed by atoms with Gasteiger partial charge in [0.1, 0.15) is 12.1 Å². The monoisotopic (exact) mass is 542 g/mol. The number of fused-ring (bicyclic) bond motifs is 1. The minimum absolute atomic E-state index is 0.240. The maximum absolute atomic E-state index is 12.7.